The number of carbonyl (C=O) groups excluding carboxylic acids is 2. The van der Waals surface area contributed by atoms with Crippen LogP contribution in [0.15, 0.2) is 17.5 Å². The third kappa shape index (κ3) is 4.35. The van der Waals surface area contributed by atoms with Crippen molar-refractivity contribution in [2.45, 2.75) is 58.4 Å². The zero-order chi connectivity index (χ0) is 20.4. The molecule has 2 aromatic rings. The quantitative estimate of drug-likeness (QED) is 0.806. The molecule has 1 unspecified atom stereocenters. The van der Waals surface area contributed by atoms with Crippen molar-refractivity contribution >= 4 is 23.2 Å². The van der Waals surface area contributed by atoms with Crippen LogP contribution in [0, 0.1) is 5.92 Å². The van der Waals surface area contributed by atoms with Gasteiger partial charge in [-0.1, -0.05) is 25.1 Å². The summed E-state index contributed by atoms with van der Waals surface area (Å²) < 4.78 is 8.18. The molecule has 1 saturated heterocycles. The normalized spacial score (nSPS) is 21.4. The third-order valence-corrected chi connectivity index (χ3v) is 6.33. The van der Waals surface area contributed by atoms with E-state index in [9.17, 15) is 9.59 Å². The van der Waals surface area contributed by atoms with Crippen molar-refractivity contribution in [3.05, 3.63) is 33.8 Å². The summed E-state index contributed by atoms with van der Waals surface area (Å²) in [4.78, 5) is 27.3. The lowest BCUT2D eigenvalue weighted by Gasteiger charge is -2.44. The monoisotopic (exact) mass is 417 g/mol. The maximum atomic E-state index is 12.8. The molecule has 0 bridgehead atoms. The van der Waals surface area contributed by atoms with Crippen LogP contribution in [0.25, 0.3) is 0 Å². The van der Waals surface area contributed by atoms with Crippen LogP contribution in [-0.4, -0.2) is 50.4 Å². The van der Waals surface area contributed by atoms with E-state index in [0.717, 1.165) is 35.7 Å². The second-order valence-corrected chi connectivity index (χ2v) is 9.24. The van der Waals surface area contributed by atoms with Crippen LogP contribution >= 0.6 is 11.3 Å². The number of hydrogen-bond donors (Lipinski definition) is 1. The Balaban J connectivity index is 1.41. The van der Waals surface area contributed by atoms with Crippen LogP contribution in [0.5, 0.6) is 0 Å². The lowest BCUT2D eigenvalue weighted by Crippen LogP contribution is -2.55. The number of nitrogens with one attached hydrogen (secondary N) is 1. The summed E-state index contributed by atoms with van der Waals surface area (Å²) in [5, 5.41) is 13.4. The Hall–Kier alpha value is -2.26. The van der Waals surface area contributed by atoms with Crippen LogP contribution in [-0.2, 0) is 29.2 Å². The average molecular weight is 418 g/mol. The van der Waals surface area contributed by atoms with Gasteiger partial charge in [-0.05, 0) is 30.2 Å². The predicted molar refractivity (Wildman–Crippen MR) is 108 cm³/mol. The number of thiophene rings is 1. The number of rotatable bonds is 5. The lowest BCUT2D eigenvalue weighted by molar-refractivity contribution is -0.123. The highest BCUT2D eigenvalue weighted by Gasteiger charge is 2.42. The van der Waals surface area contributed by atoms with Crippen molar-refractivity contribution in [3.8, 4) is 0 Å². The zero-order valence-corrected chi connectivity index (χ0v) is 17.7. The number of hydrogen-bond acceptors (Lipinski definition) is 6. The fraction of sp³-hybridized carbons (Fsp3) is 0.600. The molecule has 0 aliphatic carbocycles. The number of carbonyl (C=O) groups is 2. The third-order valence-electron chi connectivity index (χ3n) is 5.48. The highest BCUT2D eigenvalue weighted by atomic mass is 32.1. The molecule has 1 N–H and O–H groups in total. The molecule has 2 aromatic heterocycles. The first kappa shape index (κ1) is 20.0. The van der Waals surface area contributed by atoms with E-state index >= 15 is 0 Å². The molecule has 156 valence electrons. The van der Waals surface area contributed by atoms with Gasteiger partial charge in [0.15, 0.2) is 0 Å². The lowest BCUT2D eigenvalue weighted by atomic mass is 9.91. The minimum absolute atomic E-state index is 0.0185. The van der Waals surface area contributed by atoms with Gasteiger partial charge in [-0.25, -0.2) is 4.68 Å². The second-order valence-electron chi connectivity index (χ2n) is 8.29. The second kappa shape index (κ2) is 8.23. The predicted octanol–water partition coefficient (Wildman–Crippen LogP) is 2.21. The van der Waals surface area contributed by atoms with Crippen LogP contribution < -0.4 is 5.32 Å². The van der Waals surface area contributed by atoms with Crippen molar-refractivity contribution < 1.29 is 14.3 Å². The van der Waals surface area contributed by atoms with Crippen molar-refractivity contribution in [1.29, 1.82) is 0 Å². The van der Waals surface area contributed by atoms with E-state index < -0.39 is 5.60 Å². The van der Waals surface area contributed by atoms with E-state index in [1.165, 1.54) is 11.3 Å². The van der Waals surface area contributed by atoms with Gasteiger partial charge in [-0.15, -0.1) is 16.4 Å². The summed E-state index contributed by atoms with van der Waals surface area (Å²) >= 11 is 1.47. The van der Waals surface area contributed by atoms with Crippen LogP contribution in [0.2, 0.25) is 0 Å². The van der Waals surface area contributed by atoms with Gasteiger partial charge in [0.2, 0.25) is 5.91 Å². The van der Waals surface area contributed by atoms with Crippen molar-refractivity contribution in [1.82, 2.24) is 25.2 Å². The summed E-state index contributed by atoms with van der Waals surface area (Å²) in [5.41, 5.74) is 1.23. The molecule has 1 atom stereocenters. The van der Waals surface area contributed by atoms with E-state index in [-0.39, 0.29) is 11.8 Å². The smallest absolute Gasteiger partial charge is 0.264 e. The van der Waals surface area contributed by atoms with Gasteiger partial charge in [0.25, 0.3) is 5.91 Å². The Morgan fingerprint density at radius 2 is 2.24 bits per heavy atom. The molecule has 1 fully saturated rings. The van der Waals surface area contributed by atoms with Crippen LogP contribution in [0.1, 0.15) is 54.2 Å². The van der Waals surface area contributed by atoms with Gasteiger partial charge in [0, 0.05) is 13.0 Å². The molecule has 8 nitrogen and oxygen atoms in total. The Labute approximate surface area is 174 Å². The molecule has 2 aliphatic rings. The minimum Gasteiger partial charge on any atom is -0.365 e. The standard InChI is InChI=1S/C20H27N5O3S/c1-14(2)9-18(26)21-10-15-16-11-28-20(13-25(16)23-22-15)6-4-7-24(12-20)19(27)17-5-3-8-29-17/h3,5,8,14H,4,6-7,9-13H2,1-2H3,(H,21,26). The number of nitrogens with zero attached hydrogens (tertiary/aromatic N) is 4. The fourth-order valence-electron chi connectivity index (χ4n) is 4.03. The van der Waals surface area contributed by atoms with Crippen molar-refractivity contribution in [2.24, 2.45) is 5.92 Å². The summed E-state index contributed by atoms with van der Waals surface area (Å²) in [6.07, 6.45) is 2.29. The first-order chi connectivity index (χ1) is 14.0. The largest absolute Gasteiger partial charge is 0.365 e. The molecule has 4 heterocycles. The van der Waals surface area contributed by atoms with Crippen LogP contribution in [0.3, 0.4) is 0 Å². The molecule has 29 heavy (non-hydrogen) atoms. The first-order valence-electron chi connectivity index (χ1n) is 10.1. The van der Waals surface area contributed by atoms with Crippen molar-refractivity contribution in [3.63, 3.8) is 0 Å². The molecule has 9 heteroatoms. The number of likely N-dealkylation sites (tertiary alicyclic amines) is 1. The van der Waals surface area contributed by atoms with Gasteiger partial charge >= 0.3 is 0 Å². The van der Waals surface area contributed by atoms with E-state index in [0.29, 0.717) is 38.6 Å². The number of piperidine rings is 1. The SMILES string of the molecule is CC(C)CC(=O)NCc1nnn2c1COC1(CCCN(C(=O)c3cccs3)C1)C2. The fourth-order valence-corrected chi connectivity index (χ4v) is 4.72. The van der Waals surface area contributed by atoms with E-state index in [1.807, 2.05) is 40.9 Å². The maximum absolute atomic E-state index is 12.8. The van der Waals surface area contributed by atoms with Gasteiger partial charge in [0.1, 0.15) is 11.3 Å². The first-order valence-corrected chi connectivity index (χ1v) is 11.0. The number of ether oxygens (including phenoxy) is 1. The molecular formula is C20H27N5O3S. The Morgan fingerprint density at radius 1 is 1.38 bits per heavy atom. The number of amides is 2. The highest BCUT2D eigenvalue weighted by molar-refractivity contribution is 7.12. The summed E-state index contributed by atoms with van der Waals surface area (Å²) in [7, 11) is 0. The highest BCUT2D eigenvalue weighted by Crippen LogP contribution is 2.33. The summed E-state index contributed by atoms with van der Waals surface area (Å²) in [5.74, 6) is 0.406. The van der Waals surface area contributed by atoms with E-state index in [1.54, 1.807) is 0 Å². The molecule has 0 aromatic carbocycles. The Kier molecular flexibility index (Phi) is 5.69. The van der Waals surface area contributed by atoms with E-state index in [2.05, 4.69) is 15.6 Å². The summed E-state index contributed by atoms with van der Waals surface area (Å²) in [6.45, 7) is 6.67. The van der Waals surface area contributed by atoms with Gasteiger partial charge in [-0.3, -0.25) is 9.59 Å². The van der Waals surface area contributed by atoms with Crippen molar-refractivity contribution in [2.75, 3.05) is 13.1 Å². The molecular weight excluding hydrogens is 390 g/mol. The number of fused-ring (bicyclic) bond motifs is 1. The molecule has 2 amide bonds. The molecule has 1 spiro atoms. The molecule has 4 rings (SSSR count). The molecule has 2 aliphatic heterocycles. The van der Waals surface area contributed by atoms with Gasteiger partial charge in [-0.2, -0.15) is 0 Å². The van der Waals surface area contributed by atoms with Gasteiger partial charge in [0.05, 0.1) is 36.8 Å². The van der Waals surface area contributed by atoms with E-state index in [4.69, 9.17) is 4.74 Å². The molecule has 0 radical (unpaired) electrons. The average Bonchev–Trinajstić information content (AvgIpc) is 3.35. The zero-order valence-electron chi connectivity index (χ0n) is 16.9. The topological polar surface area (TPSA) is 89.3 Å². The Morgan fingerprint density at radius 3 is 3.00 bits per heavy atom. The van der Waals surface area contributed by atoms with Crippen LogP contribution in [0.4, 0.5) is 0 Å². The number of aromatic nitrogens is 3. The molecule has 0 saturated carbocycles. The summed E-state index contributed by atoms with van der Waals surface area (Å²) in [6, 6.07) is 3.77. The maximum Gasteiger partial charge on any atom is 0.264 e. The Bertz CT molecular complexity index is 879. The minimum atomic E-state index is -0.427. The van der Waals surface area contributed by atoms with Gasteiger partial charge < -0.3 is 15.0 Å².